The smallest absolute Gasteiger partial charge is 0.0407 e. The van der Waals surface area contributed by atoms with Crippen molar-refractivity contribution in [1.29, 1.82) is 0 Å². The van der Waals surface area contributed by atoms with Crippen LogP contribution in [0.5, 0.6) is 0 Å². The molecule has 1 radical (unpaired) electrons. The predicted molar refractivity (Wildman–Crippen MR) is 69.1 cm³/mol. The molecule has 0 N–H and O–H groups in total. The van der Waals surface area contributed by atoms with Crippen molar-refractivity contribution >= 4 is 36.6 Å². The average Bonchev–Trinajstić information content (AvgIpc) is 2.31. The molecule has 0 aliphatic heterocycles. The average molecular weight is 444 g/mol. The van der Waals surface area contributed by atoms with Crippen molar-refractivity contribution in [2.24, 2.45) is 0 Å². The number of aromatic nitrogens is 2. The standard InChI is InChI=1S/C11H11N3S2.Au/c15-11(16)14(9-1-5-12-6-2-9)10-3-7-13-8-4-10;/h1-8,11,15-16H;/p-2. The molecule has 0 amide bonds. The molecule has 2 aromatic rings. The van der Waals surface area contributed by atoms with Gasteiger partial charge in [0.15, 0.2) is 0 Å². The first-order chi connectivity index (χ1) is 7.79. The van der Waals surface area contributed by atoms with Crippen LogP contribution in [0, 0.1) is 0 Å². The van der Waals surface area contributed by atoms with E-state index < -0.39 is 4.71 Å². The van der Waals surface area contributed by atoms with Crippen LogP contribution in [0.2, 0.25) is 0 Å². The minimum absolute atomic E-state index is 0. The van der Waals surface area contributed by atoms with E-state index in [9.17, 15) is 0 Å². The SMILES string of the molecule is [Au].[S-]C([S-])N(c1ccncc1)c1ccncc1. The summed E-state index contributed by atoms with van der Waals surface area (Å²) >= 11 is 10.3. The van der Waals surface area contributed by atoms with E-state index in [2.05, 4.69) is 9.97 Å². The number of pyridine rings is 2. The van der Waals surface area contributed by atoms with E-state index in [0.717, 1.165) is 11.4 Å². The Morgan fingerprint density at radius 2 is 1.18 bits per heavy atom. The molecule has 0 atom stereocenters. The molecule has 0 bridgehead atoms. The second-order valence-corrected chi connectivity index (χ2v) is 4.28. The van der Waals surface area contributed by atoms with Gasteiger partial charge in [-0.1, -0.05) is 0 Å². The molecule has 6 heteroatoms. The molecular weight excluding hydrogens is 435 g/mol. The van der Waals surface area contributed by atoms with Crippen LogP contribution in [0.25, 0.3) is 0 Å². The van der Waals surface area contributed by atoms with E-state index in [0.29, 0.717) is 0 Å². The zero-order valence-corrected chi connectivity index (χ0v) is 12.5. The van der Waals surface area contributed by atoms with Crippen LogP contribution in [0.1, 0.15) is 0 Å². The number of rotatable bonds is 3. The second kappa shape index (κ2) is 7.08. The minimum atomic E-state index is -0.440. The summed E-state index contributed by atoms with van der Waals surface area (Å²) in [6.45, 7) is 0. The van der Waals surface area contributed by atoms with E-state index in [4.69, 9.17) is 25.3 Å². The molecule has 3 nitrogen and oxygen atoms in total. The van der Waals surface area contributed by atoms with Gasteiger partial charge in [0.1, 0.15) is 0 Å². The first-order valence-electron chi connectivity index (χ1n) is 4.70. The Hall–Kier alpha value is -0.460. The number of hydrogen-bond acceptors (Lipinski definition) is 5. The fourth-order valence-corrected chi connectivity index (χ4v) is 1.89. The van der Waals surface area contributed by atoms with Crippen molar-refractivity contribution in [3.63, 3.8) is 0 Å². The van der Waals surface area contributed by atoms with E-state index in [1.807, 2.05) is 29.2 Å². The van der Waals surface area contributed by atoms with Crippen LogP contribution in [0.15, 0.2) is 49.1 Å². The van der Waals surface area contributed by atoms with Crippen LogP contribution in [-0.4, -0.2) is 14.7 Å². The van der Waals surface area contributed by atoms with Gasteiger partial charge in [-0.2, -0.15) is 0 Å². The maximum absolute atomic E-state index is 5.16. The predicted octanol–water partition coefficient (Wildman–Crippen LogP) is 1.99. The van der Waals surface area contributed by atoms with Crippen molar-refractivity contribution < 1.29 is 22.4 Å². The first-order valence-corrected chi connectivity index (χ1v) is 5.64. The van der Waals surface area contributed by atoms with Crippen molar-refractivity contribution in [1.82, 2.24) is 9.97 Å². The molecule has 2 heterocycles. The first kappa shape index (κ1) is 14.6. The van der Waals surface area contributed by atoms with Gasteiger partial charge in [0.05, 0.1) is 0 Å². The largest absolute Gasteiger partial charge is 0.794 e. The molecule has 2 aromatic heterocycles. The second-order valence-electron chi connectivity index (χ2n) is 3.09. The van der Waals surface area contributed by atoms with Crippen molar-refractivity contribution in [2.45, 2.75) is 4.71 Å². The number of anilines is 2. The van der Waals surface area contributed by atoms with Crippen LogP contribution in [0.4, 0.5) is 11.4 Å². The molecule has 0 aromatic carbocycles. The summed E-state index contributed by atoms with van der Waals surface area (Å²) in [5.74, 6) is 0. The van der Waals surface area contributed by atoms with Crippen LogP contribution >= 0.6 is 0 Å². The third-order valence-corrected chi connectivity index (χ3v) is 2.51. The van der Waals surface area contributed by atoms with Gasteiger partial charge < -0.3 is 30.2 Å². The van der Waals surface area contributed by atoms with Gasteiger partial charge >= 0.3 is 0 Å². The molecule has 93 valence electrons. The fourth-order valence-electron chi connectivity index (χ4n) is 1.40. The third kappa shape index (κ3) is 3.76. The van der Waals surface area contributed by atoms with Crippen LogP contribution in [-0.2, 0) is 47.6 Å². The van der Waals surface area contributed by atoms with E-state index in [1.54, 1.807) is 24.8 Å². The molecular formula is C11H9AuN3S2-2. The third-order valence-electron chi connectivity index (χ3n) is 2.09. The summed E-state index contributed by atoms with van der Waals surface area (Å²) < 4.78 is -0.440. The quantitative estimate of drug-likeness (QED) is 0.534. The van der Waals surface area contributed by atoms with E-state index in [1.165, 1.54) is 0 Å². The molecule has 0 spiro atoms. The molecule has 17 heavy (non-hydrogen) atoms. The van der Waals surface area contributed by atoms with Gasteiger partial charge in [0.25, 0.3) is 0 Å². The minimum Gasteiger partial charge on any atom is -0.794 e. The molecule has 0 aliphatic carbocycles. The monoisotopic (exact) mass is 444 g/mol. The van der Waals surface area contributed by atoms with E-state index in [-0.39, 0.29) is 22.4 Å². The van der Waals surface area contributed by atoms with Gasteiger partial charge in [0, 0.05) is 58.5 Å². The maximum atomic E-state index is 5.16. The Bertz CT molecular complexity index is 399. The van der Waals surface area contributed by atoms with Gasteiger partial charge in [-0.25, -0.2) is 4.71 Å². The zero-order valence-electron chi connectivity index (χ0n) is 8.66. The normalized spacial score (nSPS) is 9.82. The molecule has 0 unspecified atom stereocenters. The van der Waals surface area contributed by atoms with Crippen LogP contribution in [0.3, 0.4) is 0 Å². The summed E-state index contributed by atoms with van der Waals surface area (Å²) in [7, 11) is 0. The number of nitrogens with zero attached hydrogens (tertiary/aromatic N) is 3. The van der Waals surface area contributed by atoms with Gasteiger partial charge in [-0.3, -0.25) is 9.97 Å². The summed E-state index contributed by atoms with van der Waals surface area (Å²) in [6.07, 6.45) is 6.88. The Labute approximate surface area is 127 Å². The van der Waals surface area contributed by atoms with Crippen molar-refractivity contribution in [2.75, 3.05) is 4.90 Å². The summed E-state index contributed by atoms with van der Waals surface area (Å²) in [6, 6.07) is 7.52. The Balaban J connectivity index is 0.00000144. The van der Waals surface area contributed by atoms with Crippen LogP contribution < -0.4 is 4.90 Å². The Kier molecular flexibility index (Phi) is 6.08. The van der Waals surface area contributed by atoms with Gasteiger partial charge in [0.2, 0.25) is 0 Å². The van der Waals surface area contributed by atoms with Gasteiger partial charge in [-0.05, 0) is 24.3 Å². The van der Waals surface area contributed by atoms with E-state index >= 15 is 0 Å². The van der Waals surface area contributed by atoms with Gasteiger partial charge in [-0.15, -0.1) is 0 Å². The maximum Gasteiger partial charge on any atom is 0.0407 e. The fraction of sp³-hybridized carbons (Fsp3) is 0.0909. The zero-order chi connectivity index (χ0) is 11.4. The molecule has 0 fully saturated rings. The molecule has 2 rings (SSSR count). The number of hydrogen-bond donors (Lipinski definition) is 0. The summed E-state index contributed by atoms with van der Waals surface area (Å²) in [5.41, 5.74) is 1.88. The molecule has 0 saturated carbocycles. The van der Waals surface area contributed by atoms with Crippen molar-refractivity contribution in [3.8, 4) is 0 Å². The van der Waals surface area contributed by atoms with Crippen molar-refractivity contribution in [3.05, 3.63) is 49.1 Å². The Morgan fingerprint density at radius 1 is 0.824 bits per heavy atom. The topological polar surface area (TPSA) is 29.0 Å². The summed E-state index contributed by atoms with van der Waals surface area (Å²) in [5, 5.41) is 0. The Morgan fingerprint density at radius 3 is 1.47 bits per heavy atom. The molecule has 0 saturated heterocycles. The molecule has 0 aliphatic rings. The summed E-state index contributed by atoms with van der Waals surface area (Å²) in [4.78, 5) is 9.83.